The van der Waals surface area contributed by atoms with E-state index in [0.717, 1.165) is 27.8 Å². The SMILES string of the molecule is CCC(OC(=O)c1ccc(-n2c(C)nnc2SC)cc1)C(=O)Nc1ccc(C)c(C)c1. The van der Waals surface area contributed by atoms with Gasteiger partial charge in [-0.2, -0.15) is 0 Å². The maximum absolute atomic E-state index is 12.6. The van der Waals surface area contributed by atoms with Crippen LogP contribution in [0.3, 0.4) is 0 Å². The summed E-state index contributed by atoms with van der Waals surface area (Å²) in [6, 6.07) is 12.6. The normalized spacial score (nSPS) is 11.8. The molecule has 0 aliphatic rings. The smallest absolute Gasteiger partial charge is 0.338 e. The summed E-state index contributed by atoms with van der Waals surface area (Å²) in [4.78, 5) is 25.2. The number of thioether (sulfide) groups is 1. The predicted molar refractivity (Wildman–Crippen MR) is 122 cm³/mol. The molecule has 1 aromatic heterocycles. The van der Waals surface area contributed by atoms with Crippen LogP contribution in [0.4, 0.5) is 5.69 Å². The molecular weight excluding hydrogens is 412 g/mol. The van der Waals surface area contributed by atoms with Crippen LogP contribution >= 0.6 is 11.8 Å². The Bertz CT molecular complexity index is 1090. The van der Waals surface area contributed by atoms with Gasteiger partial charge < -0.3 is 10.1 Å². The number of hydrogen-bond acceptors (Lipinski definition) is 6. The highest BCUT2D eigenvalue weighted by Crippen LogP contribution is 2.21. The number of hydrogen-bond donors (Lipinski definition) is 1. The van der Waals surface area contributed by atoms with Gasteiger partial charge in [0, 0.05) is 11.4 Å². The maximum Gasteiger partial charge on any atom is 0.338 e. The molecule has 162 valence electrons. The molecule has 1 amide bonds. The topological polar surface area (TPSA) is 86.1 Å². The van der Waals surface area contributed by atoms with E-state index in [-0.39, 0.29) is 5.91 Å². The molecule has 1 unspecified atom stereocenters. The number of ether oxygens (including phenoxy) is 1. The van der Waals surface area contributed by atoms with Crippen molar-refractivity contribution in [2.75, 3.05) is 11.6 Å². The standard InChI is InChI=1S/C23H26N4O3S/c1-6-20(21(28)24-18-10-7-14(2)15(3)13-18)30-22(29)17-8-11-19(12-9-17)27-16(4)25-26-23(27)31-5/h7-13,20H,6H2,1-5H3,(H,24,28). The molecule has 3 rings (SSSR count). The van der Waals surface area contributed by atoms with E-state index in [4.69, 9.17) is 4.74 Å². The minimum absolute atomic E-state index is 0.347. The van der Waals surface area contributed by atoms with E-state index in [2.05, 4.69) is 15.5 Å². The van der Waals surface area contributed by atoms with Crippen LogP contribution in [0.25, 0.3) is 5.69 Å². The summed E-state index contributed by atoms with van der Waals surface area (Å²) in [6.07, 6.45) is 1.42. The Morgan fingerprint density at radius 1 is 1.06 bits per heavy atom. The average Bonchev–Trinajstić information content (AvgIpc) is 3.14. The summed E-state index contributed by atoms with van der Waals surface area (Å²) in [7, 11) is 0. The van der Waals surface area contributed by atoms with E-state index in [0.29, 0.717) is 17.7 Å². The first-order valence-electron chi connectivity index (χ1n) is 9.99. The highest BCUT2D eigenvalue weighted by Gasteiger charge is 2.22. The van der Waals surface area contributed by atoms with Crippen LogP contribution in [0.15, 0.2) is 47.6 Å². The molecule has 7 nitrogen and oxygen atoms in total. The molecule has 1 N–H and O–H groups in total. The Morgan fingerprint density at radius 3 is 2.39 bits per heavy atom. The lowest BCUT2D eigenvalue weighted by Gasteiger charge is -2.17. The highest BCUT2D eigenvalue weighted by molar-refractivity contribution is 7.98. The van der Waals surface area contributed by atoms with Crippen molar-refractivity contribution in [3.05, 3.63) is 65.0 Å². The fourth-order valence-corrected chi connectivity index (χ4v) is 3.62. The van der Waals surface area contributed by atoms with Crippen LogP contribution in [-0.4, -0.2) is 39.0 Å². The van der Waals surface area contributed by atoms with E-state index in [1.165, 1.54) is 11.8 Å². The molecule has 0 fully saturated rings. The Kier molecular flexibility index (Phi) is 7.12. The number of aromatic nitrogens is 3. The molecular formula is C23H26N4O3S. The third kappa shape index (κ3) is 5.14. The largest absolute Gasteiger partial charge is 0.449 e. The second-order valence-corrected chi connectivity index (χ2v) is 7.98. The van der Waals surface area contributed by atoms with E-state index in [9.17, 15) is 9.59 Å². The Hall–Kier alpha value is -3.13. The molecule has 1 heterocycles. The van der Waals surface area contributed by atoms with Crippen molar-refractivity contribution in [2.45, 2.75) is 45.4 Å². The van der Waals surface area contributed by atoms with Crippen LogP contribution in [0, 0.1) is 20.8 Å². The van der Waals surface area contributed by atoms with Crippen molar-refractivity contribution < 1.29 is 14.3 Å². The number of nitrogens with zero attached hydrogens (tertiary/aromatic N) is 3. The van der Waals surface area contributed by atoms with Gasteiger partial charge in [-0.25, -0.2) is 4.79 Å². The van der Waals surface area contributed by atoms with Gasteiger partial charge in [-0.3, -0.25) is 9.36 Å². The summed E-state index contributed by atoms with van der Waals surface area (Å²) in [5, 5.41) is 11.8. The quantitative estimate of drug-likeness (QED) is 0.432. The van der Waals surface area contributed by atoms with Crippen molar-refractivity contribution >= 4 is 29.3 Å². The number of rotatable bonds is 7. The van der Waals surface area contributed by atoms with E-state index >= 15 is 0 Å². The fourth-order valence-electron chi connectivity index (χ4n) is 3.08. The fraction of sp³-hybridized carbons (Fsp3) is 0.304. The van der Waals surface area contributed by atoms with Crippen molar-refractivity contribution in [1.29, 1.82) is 0 Å². The van der Waals surface area contributed by atoms with Crippen LogP contribution < -0.4 is 5.32 Å². The third-order valence-corrected chi connectivity index (χ3v) is 5.66. The Labute approximate surface area is 186 Å². The van der Waals surface area contributed by atoms with Crippen LogP contribution in [-0.2, 0) is 9.53 Å². The summed E-state index contributed by atoms with van der Waals surface area (Å²) in [5.74, 6) is -0.131. The van der Waals surface area contributed by atoms with E-state index in [1.807, 2.05) is 61.9 Å². The molecule has 0 aliphatic carbocycles. The van der Waals surface area contributed by atoms with Gasteiger partial charge in [0.1, 0.15) is 5.82 Å². The molecule has 0 saturated heterocycles. The number of carbonyl (C=O) groups excluding carboxylic acids is 2. The molecule has 3 aromatic rings. The Balaban J connectivity index is 1.69. The van der Waals surface area contributed by atoms with Crippen LogP contribution in [0.1, 0.15) is 40.7 Å². The zero-order valence-corrected chi connectivity index (χ0v) is 19.1. The van der Waals surface area contributed by atoms with Gasteiger partial charge in [-0.1, -0.05) is 24.8 Å². The van der Waals surface area contributed by atoms with Crippen LogP contribution in [0.2, 0.25) is 0 Å². The minimum Gasteiger partial charge on any atom is -0.449 e. The van der Waals surface area contributed by atoms with Gasteiger partial charge >= 0.3 is 5.97 Å². The number of nitrogens with one attached hydrogen (secondary N) is 1. The van der Waals surface area contributed by atoms with Crippen molar-refractivity contribution in [2.24, 2.45) is 0 Å². The number of aryl methyl sites for hydroxylation is 3. The van der Waals surface area contributed by atoms with Gasteiger partial charge in [0.2, 0.25) is 0 Å². The predicted octanol–water partition coefficient (Wildman–Crippen LogP) is 4.49. The molecule has 0 aliphatic heterocycles. The highest BCUT2D eigenvalue weighted by atomic mass is 32.2. The minimum atomic E-state index is -0.878. The number of benzene rings is 2. The molecule has 0 saturated carbocycles. The molecule has 0 spiro atoms. The van der Waals surface area contributed by atoms with E-state index < -0.39 is 12.1 Å². The maximum atomic E-state index is 12.6. The number of amides is 1. The van der Waals surface area contributed by atoms with Gasteiger partial charge in [-0.15, -0.1) is 10.2 Å². The van der Waals surface area contributed by atoms with E-state index in [1.54, 1.807) is 19.1 Å². The first-order chi connectivity index (χ1) is 14.8. The number of esters is 1. The second kappa shape index (κ2) is 9.78. The van der Waals surface area contributed by atoms with Crippen LogP contribution in [0.5, 0.6) is 0 Å². The lowest BCUT2D eigenvalue weighted by Crippen LogP contribution is -2.32. The average molecular weight is 439 g/mol. The van der Waals surface area contributed by atoms with Gasteiger partial charge in [-0.05, 0) is 81.0 Å². The first kappa shape index (κ1) is 22.6. The lowest BCUT2D eigenvalue weighted by atomic mass is 10.1. The van der Waals surface area contributed by atoms with Gasteiger partial charge in [0.25, 0.3) is 5.91 Å². The summed E-state index contributed by atoms with van der Waals surface area (Å²) in [5.41, 5.74) is 4.13. The summed E-state index contributed by atoms with van der Waals surface area (Å²) in [6.45, 7) is 7.67. The monoisotopic (exact) mass is 438 g/mol. The molecule has 1 atom stereocenters. The lowest BCUT2D eigenvalue weighted by molar-refractivity contribution is -0.124. The van der Waals surface area contributed by atoms with Gasteiger partial charge in [0.05, 0.1) is 5.56 Å². The van der Waals surface area contributed by atoms with Crippen molar-refractivity contribution in [1.82, 2.24) is 14.8 Å². The molecule has 0 radical (unpaired) electrons. The summed E-state index contributed by atoms with van der Waals surface area (Å²) >= 11 is 1.49. The molecule has 2 aromatic carbocycles. The molecule has 0 bridgehead atoms. The van der Waals surface area contributed by atoms with Crippen molar-refractivity contribution in [3.8, 4) is 5.69 Å². The number of anilines is 1. The number of carbonyl (C=O) groups is 2. The molecule has 8 heteroatoms. The zero-order chi connectivity index (χ0) is 22.5. The Morgan fingerprint density at radius 2 is 1.77 bits per heavy atom. The first-order valence-corrected chi connectivity index (χ1v) is 11.2. The van der Waals surface area contributed by atoms with Crippen molar-refractivity contribution in [3.63, 3.8) is 0 Å². The summed E-state index contributed by atoms with van der Waals surface area (Å²) < 4.78 is 7.39. The molecule has 31 heavy (non-hydrogen) atoms. The van der Waals surface area contributed by atoms with Gasteiger partial charge in [0.15, 0.2) is 11.3 Å². The third-order valence-electron chi connectivity index (χ3n) is 5.03. The second-order valence-electron chi connectivity index (χ2n) is 7.21. The zero-order valence-electron chi connectivity index (χ0n) is 18.3.